The first-order valence-electron chi connectivity index (χ1n) is 9.04. The largest absolute Gasteiger partial charge is 0.478 e. The van der Waals surface area contributed by atoms with Crippen LogP contribution in [0.3, 0.4) is 0 Å². The summed E-state index contributed by atoms with van der Waals surface area (Å²) in [5.41, 5.74) is -1.09. The van der Waals surface area contributed by atoms with Crippen LogP contribution in [0, 0.1) is 0 Å². The Bertz CT molecular complexity index is 1210. The van der Waals surface area contributed by atoms with E-state index in [1.807, 2.05) is 6.07 Å². The van der Waals surface area contributed by atoms with Crippen LogP contribution in [-0.2, 0) is 0 Å². The summed E-state index contributed by atoms with van der Waals surface area (Å²) in [6.07, 6.45) is 0. The molecule has 0 atom stereocenters. The topological polar surface area (TPSA) is 186 Å². The van der Waals surface area contributed by atoms with Crippen LogP contribution in [0.2, 0.25) is 0 Å². The molecule has 0 saturated carbocycles. The minimum absolute atomic E-state index is 0.184. The Hall–Kier alpha value is -4.99. The molecule has 33 heavy (non-hydrogen) atoms. The summed E-state index contributed by atoms with van der Waals surface area (Å²) in [5.74, 6) is -7.02. The third-order valence-electron chi connectivity index (χ3n) is 4.33. The number of carboxylic acid groups (broad SMARTS) is 5. The number of aromatic carboxylic acids is 5. The summed E-state index contributed by atoms with van der Waals surface area (Å²) in [5, 5.41) is 44.3. The van der Waals surface area contributed by atoms with Gasteiger partial charge >= 0.3 is 29.8 Å². The zero-order valence-corrected chi connectivity index (χ0v) is 16.6. The molecule has 0 aromatic heterocycles. The second-order valence-corrected chi connectivity index (χ2v) is 6.35. The zero-order chi connectivity index (χ0) is 24.7. The Balaban J connectivity index is 0.000000238. The van der Waals surface area contributed by atoms with Crippen LogP contribution in [0.1, 0.15) is 51.8 Å². The number of carbonyl (C=O) groups is 5. The van der Waals surface area contributed by atoms with Crippen LogP contribution in [0.15, 0.2) is 66.7 Å². The Labute approximate surface area is 185 Å². The van der Waals surface area contributed by atoms with Gasteiger partial charge < -0.3 is 25.5 Å². The fraction of sp³-hybridized carbons (Fsp3) is 0. The molecule has 0 heterocycles. The standard InChI is InChI=1S/C14H10O4.C9H6O6/c15-13(16)11-8-4-7-10(12(11)14(17)18)9-5-2-1-3-6-9;10-7(11)4-2-1-3-5(8(12)13)6(4)9(14)15/h1-8H,(H,15,16)(H,17,18);1-3H,(H,10,11)(H,12,13)(H,14,15). The van der Waals surface area contributed by atoms with Gasteiger partial charge in [-0.25, -0.2) is 24.0 Å². The second-order valence-electron chi connectivity index (χ2n) is 6.35. The third kappa shape index (κ3) is 5.58. The first kappa shape index (κ1) is 24.3. The fourth-order valence-corrected chi connectivity index (χ4v) is 2.96. The van der Waals surface area contributed by atoms with Gasteiger partial charge in [0.05, 0.1) is 27.8 Å². The van der Waals surface area contributed by atoms with Crippen LogP contribution in [0.4, 0.5) is 0 Å². The molecule has 0 unspecified atom stereocenters. The van der Waals surface area contributed by atoms with E-state index < -0.39 is 46.5 Å². The lowest BCUT2D eigenvalue weighted by molar-refractivity contribution is 0.0633. The SMILES string of the molecule is O=C(O)c1cccc(-c2ccccc2)c1C(=O)O.O=C(O)c1cccc(C(=O)O)c1C(=O)O. The molecule has 168 valence electrons. The van der Waals surface area contributed by atoms with Crippen LogP contribution >= 0.6 is 0 Å². The highest BCUT2D eigenvalue weighted by Gasteiger charge is 2.23. The minimum atomic E-state index is -1.58. The van der Waals surface area contributed by atoms with Gasteiger partial charge in [-0.05, 0) is 29.3 Å². The highest BCUT2D eigenvalue weighted by atomic mass is 16.4. The molecular weight excluding hydrogens is 436 g/mol. The first-order chi connectivity index (χ1) is 15.6. The van der Waals surface area contributed by atoms with Crippen molar-refractivity contribution in [1.82, 2.24) is 0 Å². The van der Waals surface area contributed by atoms with Gasteiger partial charge in [0.15, 0.2) is 0 Å². The molecule has 5 N–H and O–H groups in total. The van der Waals surface area contributed by atoms with Crippen molar-refractivity contribution >= 4 is 29.8 Å². The van der Waals surface area contributed by atoms with Gasteiger partial charge in [-0.2, -0.15) is 0 Å². The van der Waals surface area contributed by atoms with E-state index in [1.54, 1.807) is 30.3 Å². The Morgan fingerprint density at radius 1 is 0.424 bits per heavy atom. The molecule has 0 spiro atoms. The van der Waals surface area contributed by atoms with E-state index in [0.717, 1.165) is 12.1 Å². The maximum Gasteiger partial charge on any atom is 0.337 e. The monoisotopic (exact) mass is 452 g/mol. The maximum atomic E-state index is 11.3. The van der Waals surface area contributed by atoms with Crippen LogP contribution in [0.25, 0.3) is 11.1 Å². The summed E-state index contributed by atoms with van der Waals surface area (Å²) in [6.45, 7) is 0. The molecule has 0 amide bonds. The third-order valence-corrected chi connectivity index (χ3v) is 4.33. The van der Waals surface area contributed by atoms with Crippen molar-refractivity contribution in [3.05, 3.63) is 94.5 Å². The first-order valence-corrected chi connectivity index (χ1v) is 9.04. The summed E-state index contributed by atoms with van der Waals surface area (Å²) >= 11 is 0. The molecule has 0 aliphatic rings. The molecule has 0 bridgehead atoms. The van der Waals surface area contributed by atoms with Gasteiger partial charge in [-0.15, -0.1) is 0 Å². The molecule has 0 fully saturated rings. The lowest BCUT2D eigenvalue weighted by atomic mass is 9.95. The predicted molar refractivity (Wildman–Crippen MR) is 113 cm³/mol. The zero-order valence-electron chi connectivity index (χ0n) is 16.6. The maximum absolute atomic E-state index is 11.3. The van der Waals surface area contributed by atoms with Crippen molar-refractivity contribution in [1.29, 1.82) is 0 Å². The normalized spacial score (nSPS) is 9.82. The van der Waals surface area contributed by atoms with Gasteiger partial charge in [0.25, 0.3) is 0 Å². The second kappa shape index (κ2) is 10.4. The molecule has 10 nitrogen and oxygen atoms in total. The molecule has 0 aliphatic carbocycles. The lowest BCUT2D eigenvalue weighted by Crippen LogP contribution is -2.14. The number of rotatable bonds is 6. The van der Waals surface area contributed by atoms with Crippen molar-refractivity contribution < 1.29 is 49.5 Å². The van der Waals surface area contributed by atoms with Gasteiger partial charge in [0.2, 0.25) is 0 Å². The number of hydrogen-bond acceptors (Lipinski definition) is 5. The smallest absolute Gasteiger partial charge is 0.337 e. The number of carboxylic acids is 5. The number of hydrogen-bond donors (Lipinski definition) is 5. The van der Waals surface area contributed by atoms with E-state index >= 15 is 0 Å². The van der Waals surface area contributed by atoms with Crippen LogP contribution < -0.4 is 0 Å². The van der Waals surface area contributed by atoms with Gasteiger partial charge in [0.1, 0.15) is 0 Å². The quantitative estimate of drug-likeness (QED) is 0.370. The molecule has 10 heteroatoms. The minimum Gasteiger partial charge on any atom is -0.478 e. The summed E-state index contributed by atoms with van der Waals surface area (Å²) in [4.78, 5) is 54.3. The molecule has 0 radical (unpaired) electrons. The average Bonchev–Trinajstić information content (AvgIpc) is 2.78. The van der Waals surface area contributed by atoms with Crippen molar-refractivity contribution in [3.63, 3.8) is 0 Å². The average molecular weight is 452 g/mol. The van der Waals surface area contributed by atoms with E-state index in [2.05, 4.69) is 0 Å². The van der Waals surface area contributed by atoms with Crippen molar-refractivity contribution in [2.75, 3.05) is 0 Å². The van der Waals surface area contributed by atoms with Crippen molar-refractivity contribution in [2.45, 2.75) is 0 Å². The van der Waals surface area contributed by atoms with Gasteiger partial charge in [0, 0.05) is 0 Å². The summed E-state index contributed by atoms with van der Waals surface area (Å²) < 4.78 is 0. The molecular formula is C23H16O10. The van der Waals surface area contributed by atoms with E-state index in [1.165, 1.54) is 18.2 Å². The predicted octanol–water partition coefficient (Wildman–Crippen LogP) is 3.53. The van der Waals surface area contributed by atoms with Gasteiger partial charge in [-0.1, -0.05) is 48.5 Å². The van der Waals surface area contributed by atoms with Crippen molar-refractivity contribution in [2.24, 2.45) is 0 Å². The molecule has 3 rings (SSSR count). The highest BCUT2D eigenvalue weighted by molar-refractivity contribution is 6.09. The summed E-state index contributed by atoms with van der Waals surface area (Å²) in [6, 6.07) is 16.5. The van der Waals surface area contributed by atoms with E-state index in [-0.39, 0.29) is 11.1 Å². The van der Waals surface area contributed by atoms with Crippen molar-refractivity contribution in [3.8, 4) is 11.1 Å². The Morgan fingerprint density at radius 2 is 0.818 bits per heavy atom. The van der Waals surface area contributed by atoms with E-state index in [0.29, 0.717) is 11.1 Å². The molecule has 0 aliphatic heterocycles. The molecule has 3 aromatic rings. The fourth-order valence-electron chi connectivity index (χ4n) is 2.96. The van der Waals surface area contributed by atoms with E-state index in [9.17, 15) is 29.1 Å². The van der Waals surface area contributed by atoms with E-state index in [4.69, 9.17) is 20.4 Å². The Kier molecular flexibility index (Phi) is 7.62. The molecule has 0 saturated heterocycles. The van der Waals surface area contributed by atoms with Gasteiger partial charge in [-0.3, -0.25) is 0 Å². The highest BCUT2D eigenvalue weighted by Crippen LogP contribution is 2.26. The van der Waals surface area contributed by atoms with Crippen LogP contribution in [-0.4, -0.2) is 55.4 Å². The van der Waals surface area contributed by atoms with Crippen LogP contribution in [0.5, 0.6) is 0 Å². The summed E-state index contributed by atoms with van der Waals surface area (Å²) in [7, 11) is 0. The lowest BCUT2D eigenvalue weighted by Gasteiger charge is -2.08. The Morgan fingerprint density at radius 3 is 1.21 bits per heavy atom. The number of benzene rings is 3. The molecule has 3 aromatic carbocycles.